The predicted molar refractivity (Wildman–Crippen MR) is 22.9 cm³/mol. The topological polar surface area (TPSA) is 46.5 Å². The van der Waals surface area contributed by atoms with Crippen molar-refractivity contribution in [3.8, 4) is 0 Å². The van der Waals surface area contributed by atoms with E-state index in [4.69, 9.17) is 5.26 Å². The molecule has 0 aromatic carbocycles. The van der Waals surface area contributed by atoms with E-state index >= 15 is 0 Å². The number of hydrogen-bond donors (Lipinski definition) is 1. The first kappa shape index (κ1) is 10.0. The van der Waals surface area contributed by atoms with Crippen molar-refractivity contribution in [1.29, 1.82) is 0 Å². The standard InChI is InChI=1S/C2H4O3.Sr.2H/c1-2(3)5-4;;;/h4H,1H3;;;. The van der Waals surface area contributed by atoms with Gasteiger partial charge < -0.3 is 4.89 Å². The SMILES string of the molecule is CC(=O)OO.[SrH2]. The van der Waals surface area contributed by atoms with E-state index in [9.17, 15) is 4.79 Å². The molecule has 3 nitrogen and oxygen atoms in total. The molecule has 1 N–H and O–H groups in total. The predicted octanol–water partition coefficient (Wildman–Crippen LogP) is -0.894. The Morgan fingerprint density at radius 3 is 2.00 bits per heavy atom. The summed E-state index contributed by atoms with van der Waals surface area (Å²) >= 11 is 0. The Bertz CT molecular complexity index is 44.1. The fourth-order valence-corrected chi connectivity index (χ4v) is 0. The van der Waals surface area contributed by atoms with Crippen LogP contribution in [0.5, 0.6) is 0 Å². The normalized spacial score (nSPS) is 5.67. The van der Waals surface area contributed by atoms with Crippen LogP contribution in [0.4, 0.5) is 0 Å². The molecule has 0 unspecified atom stereocenters. The van der Waals surface area contributed by atoms with Crippen LogP contribution in [-0.4, -0.2) is 56.7 Å². The van der Waals surface area contributed by atoms with Gasteiger partial charge >= 0.3 is 51.5 Å². The van der Waals surface area contributed by atoms with Crippen LogP contribution in [0.25, 0.3) is 0 Å². The van der Waals surface area contributed by atoms with E-state index in [1.165, 1.54) is 0 Å². The molecule has 0 rings (SSSR count). The second-order valence-electron chi connectivity index (χ2n) is 0.583. The fourth-order valence-electron chi connectivity index (χ4n) is 0. The average molecular weight is 166 g/mol. The van der Waals surface area contributed by atoms with Crippen molar-refractivity contribution >= 4 is 51.5 Å². The maximum absolute atomic E-state index is 9.34. The van der Waals surface area contributed by atoms with Crippen molar-refractivity contribution in [3.63, 3.8) is 0 Å². The Morgan fingerprint density at radius 2 is 2.00 bits per heavy atom. The minimum atomic E-state index is -0.690. The van der Waals surface area contributed by atoms with Crippen molar-refractivity contribution < 1.29 is 14.9 Å². The van der Waals surface area contributed by atoms with E-state index < -0.39 is 5.97 Å². The summed E-state index contributed by atoms with van der Waals surface area (Å²) < 4.78 is 0. The molecule has 0 bridgehead atoms. The van der Waals surface area contributed by atoms with E-state index in [1.807, 2.05) is 0 Å². The van der Waals surface area contributed by atoms with Crippen LogP contribution in [0.15, 0.2) is 0 Å². The average Bonchev–Trinajstić information content (AvgIpc) is 1.38. The molecule has 0 atom stereocenters. The summed E-state index contributed by atoms with van der Waals surface area (Å²) in [6, 6.07) is 0. The summed E-state index contributed by atoms with van der Waals surface area (Å²) in [5.41, 5.74) is 0. The number of hydrogen-bond acceptors (Lipinski definition) is 3. The summed E-state index contributed by atoms with van der Waals surface area (Å²) in [7, 11) is 0. The molecule has 0 aliphatic heterocycles. The first-order valence-corrected chi connectivity index (χ1v) is 1.09. The van der Waals surface area contributed by atoms with E-state index in [0.717, 1.165) is 6.92 Å². The third-order valence-electron chi connectivity index (χ3n) is 0.129. The Balaban J connectivity index is 0. The van der Waals surface area contributed by atoms with Gasteiger partial charge in [-0.15, -0.1) is 0 Å². The monoisotopic (exact) mass is 166 g/mol. The summed E-state index contributed by atoms with van der Waals surface area (Å²) in [4.78, 5) is 12.5. The zero-order valence-electron chi connectivity index (χ0n) is 2.76. The first-order chi connectivity index (χ1) is 2.27. The van der Waals surface area contributed by atoms with Crippen LogP contribution in [0.2, 0.25) is 0 Å². The van der Waals surface area contributed by atoms with Gasteiger partial charge in [0.05, 0.1) is 0 Å². The van der Waals surface area contributed by atoms with Gasteiger partial charge in [-0.1, -0.05) is 0 Å². The van der Waals surface area contributed by atoms with Crippen LogP contribution in [-0.2, 0) is 9.68 Å². The van der Waals surface area contributed by atoms with Crippen LogP contribution in [0, 0.1) is 0 Å². The number of carbonyl (C=O) groups is 1. The van der Waals surface area contributed by atoms with Gasteiger partial charge in [0.1, 0.15) is 0 Å². The van der Waals surface area contributed by atoms with E-state index in [0.29, 0.717) is 0 Å². The van der Waals surface area contributed by atoms with E-state index in [2.05, 4.69) is 4.89 Å². The van der Waals surface area contributed by atoms with Crippen LogP contribution in [0.1, 0.15) is 6.92 Å². The van der Waals surface area contributed by atoms with Crippen molar-refractivity contribution in [2.75, 3.05) is 0 Å². The summed E-state index contributed by atoms with van der Waals surface area (Å²) in [5.74, 6) is -0.690. The van der Waals surface area contributed by atoms with Gasteiger partial charge in [-0.2, -0.15) is 5.26 Å². The van der Waals surface area contributed by atoms with Crippen molar-refractivity contribution in [1.82, 2.24) is 0 Å². The molecule has 0 saturated carbocycles. The number of carbonyl (C=O) groups excluding carboxylic acids is 1. The quantitative estimate of drug-likeness (QED) is 0.288. The minimum absolute atomic E-state index is 0. The van der Waals surface area contributed by atoms with Gasteiger partial charge in [-0.25, -0.2) is 4.79 Å². The molecule has 0 radical (unpaired) electrons. The molecule has 0 saturated heterocycles. The summed E-state index contributed by atoms with van der Waals surface area (Å²) in [5, 5.41) is 7.29. The van der Waals surface area contributed by atoms with Crippen LogP contribution in [0.3, 0.4) is 0 Å². The van der Waals surface area contributed by atoms with Crippen molar-refractivity contribution in [3.05, 3.63) is 0 Å². The number of rotatable bonds is 0. The van der Waals surface area contributed by atoms with Gasteiger partial charge in [0.2, 0.25) is 0 Å². The molecule has 0 fully saturated rings. The maximum atomic E-state index is 9.34. The zero-order chi connectivity index (χ0) is 4.28. The molecular formula is C2H6O3Sr. The third kappa shape index (κ3) is 8.86. The molecule has 4 heteroatoms. The molecule has 0 aliphatic carbocycles. The molecule has 0 amide bonds. The second-order valence-corrected chi connectivity index (χ2v) is 0.583. The molecule has 0 spiro atoms. The van der Waals surface area contributed by atoms with E-state index in [-0.39, 0.29) is 45.5 Å². The molecule has 0 aromatic heterocycles. The van der Waals surface area contributed by atoms with E-state index in [1.54, 1.807) is 0 Å². The van der Waals surface area contributed by atoms with Crippen LogP contribution >= 0.6 is 0 Å². The Hall–Kier alpha value is 0.911. The van der Waals surface area contributed by atoms with Gasteiger partial charge in [-0.3, -0.25) is 0 Å². The van der Waals surface area contributed by atoms with Gasteiger partial charge in [-0.05, 0) is 0 Å². The Kier molecular flexibility index (Phi) is 9.86. The molecule has 6 heavy (non-hydrogen) atoms. The van der Waals surface area contributed by atoms with Crippen molar-refractivity contribution in [2.24, 2.45) is 0 Å². The molecule has 0 aromatic rings. The van der Waals surface area contributed by atoms with Crippen molar-refractivity contribution in [2.45, 2.75) is 6.92 Å². The third-order valence-corrected chi connectivity index (χ3v) is 0.129. The van der Waals surface area contributed by atoms with Gasteiger partial charge in [0, 0.05) is 6.92 Å². The molecular weight excluding hydrogens is 160 g/mol. The first-order valence-electron chi connectivity index (χ1n) is 1.09. The second kappa shape index (κ2) is 5.91. The van der Waals surface area contributed by atoms with Gasteiger partial charge in [0.25, 0.3) is 0 Å². The Labute approximate surface area is 72.5 Å². The summed E-state index contributed by atoms with van der Waals surface area (Å²) in [6.45, 7) is 1.11. The molecule has 0 heterocycles. The molecule has 34 valence electrons. The van der Waals surface area contributed by atoms with Crippen LogP contribution < -0.4 is 0 Å². The summed E-state index contributed by atoms with van der Waals surface area (Å²) in [6.07, 6.45) is 0. The van der Waals surface area contributed by atoms with Gasteiger partial charge in [0.15, 0.2) is 0 Å². The fraction of sp³-hybridized carbons (Fsp3) is 0.500. The zero-order valence-corrected chi connectivity index (χ0v) is 2.76. The molecule has 0 aliphatic rings. The Morgan fingerprint density at radius 1 is 1.83 bits per heavy atom.